The van der Waals surface area contributed by atoms with Crippen LogP contribution in [0, 0.1) is 0 Å². The van der Waals surface area contributed by atoms with E-state index in [1.165, 1.54) is 7.11 Å². The first kappa shape index (κ1) is 22.0. The van der Waals surface area contributed by atoms with E-state index in [-0.39, 0.29) is 5.91 Å². The van der Waals surface area contributed by atoms with Crippen LogP contribution in [0.4, 0.5) is 5.69 Å². The van der Waals surface area contributed by atoms with Crippen LogP contribution >= 0.6 is 0 Å². The summed E-state index contributed by atoms with van der Waals surface area (Å²) < 4.78 is 21.5. The summed E-state index contributed by atoms with van der Waals surface area (Å²) in [5.41, 5.74) is 3.08. The van der Waals surface area contributed by atoms with Gasteiger partial charge in [0.05, 0.1) is 45.4 Å². The first-order valence-corrected chi connectivity index (χ1v) is 9.89. The monoisotopic (exact) mass is 425 g/mol. The number of anilines is 1. The highest BCUT2D eigenvalue weighted by Gasteiger charge is 2.22. The number of aromatic amines is 1. The van der Waals surface area contributed by atoms with Crippen LogP contribution in [0.25, 0.3) is 11.3 Å². The number of benzene rings is 2. The van der Waals surface area contributed by atoms with Crippen molar-refractivity contribution in [3.05, 3.63) is 47.7 Å². The number of hydrogen-bond acceptors (Lipinski definition) is 6. The lowest BCUT2D eigenvalue weighted by molar-refractivity contribution is 0.102. The Hall–Kier alpha value is -3.68. The fraction of sp³-hybridized carbons (Fsp3) is 0.304. The first-order valence-electron chi connectivity index (χ1n) is 9.89. The molecule has 0 aliphatic carbocycles. The molecule has 164 valence electrons. The molecule has 3 aromatic rings. The summed E-state index contributed by atoms with van der Waals surface area (Å²) in [6.45, 7) is 2.06. The van der Waals surface area contributed by atoms with E-state index in [0.29, 0.717) is 51.9 Å². The summed E-state index contributed by atoms with van der Waals surface area (Å²) in [5, 5.41) is 10.5. The van der Waals surface area contributed by atoms with Crippen molar-refractivity contribution in [3.63, 3.8) is 0 Å². The molecule has 2 N–H and O–H groups in total. The van der Waals surface area contributed by atoms with Crippen LogP contribution in [0.1, 0.15) is 29.4 Å². The van der Waals surface area contributed by atoms with Crippen LogP contribution in [-0.4, -0.2) is 44.5 Å². The van der Waals surface area contributed by atoms with Crippen molar-refractivity contribution in [2.24, 2.45) is 0 Å². The van der Waals surface area contributed by atoms with Gasteiger partial charge in [0.15, 0.2) is 0 Å². The molecule has 8 heteroatoms. The number of methoxy groups -OCH3 is 4. The molecule has 0 radical (unpaired) electrons. The van der Waals surface area contributed by atoms with Crippen molar-refractivity contribution in [2.75, 3.05) is 33.8 Å². The van der Waals surface area contributed by atoms with Crippen molar-refractivity contribution in [2.45, 2.75) is 19.8 Å². The Balaban J connectivity index is 2.06. The quantitative estimate of drug-likeness (QED) is 0.530. The van der Waals surface area contributed by atoms with E-state index in [1.807, 2.05) is 12.1 Å². The maximum absolute atomic E-state index is 13.2. The van der Waals surface area contributed by atoms with Gasteiger partial charge in [-0.2, -0.15) is 5.10 Å². The average Bonchev–Trinajstić information content (AvgIpc) is 3.20. The summed E-state index contributed by atoms with van der Waals surface area (Å²) >= 11 is 0. The Kier molecular flexibility index (Phi) is 7.02. The summed E-state index contributed by atoms with van der Waals surface area (Å²) in [6.07, 6.45) is 1.60. The second-order valence-electron chi connectivity index (χ2n) is 6.76. The summed E-state index contributed by atoms with van der Waals surface area (Å²) in [6, 6.07) is 10.5. The molecule has 31 heavy (non-hydrogen) atoms. The van der Waals surface area contributed by atoms with Gasteiger partial charge in [-0.05, 0) is 36.8 Å². The van der Waals surface area contributed by atoms with Gasteiger partial charge in [-0.1, -0.05) is 13.3 Å². The molecule has 0 atom stereocenters. The minimum absolute atomic E-state index is 0.318. The lowest BCUT2D eigenvalue weighted by Gasteiger charge is -2.14. The Morgan fingerprint density at radius 3 is 2.26 bits per heavy atom. The molecular weight excluding hydrogens is 398 g/mol. The maximum Gasteiger partial charge on any atom is 0.259 e. The van der Waals surface area contributed by atoms with E-state index in [1.54, 1.807) is 45.6 Å². The number of H-pyrrole nitrogens is 1. The lowest BCUT2D eigenvalue weighted by Crippen LogP contribution is -2.14. The van der Waals surface area contributed by atoms with Crippen LogP contribution in [0.15, 0.2) is 36.4 Å². The van der Waals surface area contributed by atoms with Crippen molar-refractivity contribution in [1.29, 1.82) is 0 Å². The normalized spacial score (nSPS) is 10.5. The summed E-state index contributed by atoms with van der Waals surface area (Å²) in [5.74, 6) is 1.97. The largest absolute Gasteiger partial charge is 0.497 e. The molecule has 1 amide bonds. The third kappa shape index (κ3) is 4.58. The van der Waals surface area contributed by atoms with Gasteiger partial charge in [0.1, 0.15) is 28.7 Å². The van der Waals surface area contributed by atoms with E-state index in [0.717, 1.165) is 12.1 Å². The second-order valence-corrected chi connectivity index (χ2v) is 6.76. The highest BCUT2D eigenvalue weighted by atomic mass is 16.5. The molecule has 1 aromatic heterocycles. The number of aryl methyl sites for hydroxylation is 1. The number of hydrogen-bond donors (Lipinski definition) is 2. The van der Waals surface area contributed by atoms with Crippen LogP contribution in [0.3, 0.4) is 0 Å². The molecule has 8 nitrogen and oxygen atoms in total. The topological polar surface area (TPSA) is 94.7 Å². The van der Waals surface area contributed by atoms with Crippen molar-refractivity contribution in [3.8, 4) is 34.3 Å². The SMILES string of the molecule is CCCc1[nH]nc(-c2cc(OC)ccc2OC)c1NC(=O)c1ccc(OC)cc1OC. The maximum atomic E-state index is 13.2. The fourth-order valence-corrected chi connectivity index (χ4v) is 3.30. The third-order valence-electron chi connectivity index (χ3n) is 4.89. The number of rotatable bonds is 9. The third-order valence-corrected chi connectivity index (χ3v) is 4.89. The van der Waals surface area contributed by atoms with Gasteiger partial charge in [0, 0.05) is 11.6 Å². The van der Waals surface area contributed by atoms with Gasteiger partial charge >= 0.3 is 0 Å². The van der Waals surface area contributed by atoms with Gasteiger partial charge in [-0.15, -0.1) is 0 Å². The predicted molar refractivity (Wildman–Crippen MR) is 119 cm³/mol. The second kappa shape index (κ2) is 9.88. The molecule has 0 unspecified atom stereocenters. The highest BCUT2D eigenvalue weighted by molar-refractivity contribution is 6.08. The van der Waals surface area contributed by atoms with Crippen molar-refractivity contribution < 1.29 is 23.7 Å². The molecule has 1 heterocycles. The van der Waals surface area contributed by atoms with Crippen molar-refractivity contribution in [1.82, 2.24) is 10.2 Å². The molecule has 0 spiro atoms. The van der Waals surface area contributed by atoms with E-state index >= 15 is 0 Å². The van der Waals surface area contributed by atoms with E-state index in [2.05, 4.69) is 22.4 Å². The Morgan fingerprint density at radius 1 is 0.935 bits per heavy atom. The number of aromatic nitrogens is 2. The highest BCUT2D eigenvalue weighted by Crippen LogP contribution is 2.38. The molecule has 0 saturated carbocycles. The first-order chi connectivity index (χ1) is 15.1. The standard InChI is InChI=1S/C23H27N3O5/c1-6-7-18-22(24-23(27)16-10-8-15(29-3)13-20(16)31-5)21(26-25-18)17-12-14(28-2)9-11-19(17)30-4/h8-13H,6-7H2,1-5H3,(H,24,27)(H,25,26). The summed E-state index contributed by atoms with van der Waals surface area (Å²) in [4.78, 5) is 13.2. The van der Waals surface area contributed by atoms with E-state index < -0.39 is 0 Å². The van der Waals surface area contributed by atoms with E-state index in [4.69, 9.17) is 18.9 Å². The van der Waals surface area contributed by atoms with Gasteiger partial charge in [0.2, 0.25) is 0 Å². The van der Waals surface area contributed by atoms with Crippen LogP contribution in [-0.2, 0) is 6.42 Å². The Bertz CT molecular complexity index is 1060. The Labute approximate surface area is 181 Å². The molecule has 0 bridgehead atoms. The van der Waals surface area contributed by atoms with Gasteiger partial charge in [-0.3, -0.25) is 9.89 Å². The molecule has 3 rings (SSSR count). The van der Waals surface area contributed by atoms with Crippen LogP contribution < -0.4 is 24.3 Å². The fourth-order valence-electron chi connectivity index (χ4n) is 3.30. The molecule has 0 aliphatic rings. The number of nitrogens with one attached hydrogen (secondary N) is 2. The predicted octanol–water partition coefficient (Wildman–Crippen LogP) is 4.32. The average molecular weight is 425 g/mol. The van der Waals surface area contributed by atoms with Crippen LogP contribution in [0.2, 0.25) is 0 Å². The van der Waals surface area contributed by atoms with E-state index in [9.17, 15) is 4.79 Å². The number of nitrogens with zero attached hydrogens (tertiary/aromatic N) is 1. The minimum Gasteiger partial charge on any atom is -0.497 e. The number of carbonyl (C=O) groups excluding carboxylic acids is 1. The molecule has 0 fully saturated rings. The zero-order valence-electron chi connectivity index (χ0n) is 18.4. The molecule has 0 saturated heterocycles. The van der Waals surface area contributed by atoms with Gasteiger partial charge in [-0.25, -0.2) is 0 Å². The van der Waals surface area contributed by atoms with Crippen LogP contribution in [0.5, 0.6) is 23.0 Å². The summed E-state index contributed by atoms with van der Waals surface area (Å²) in [7, 11) is 6.26. The lowest BCUT2D eigenvalue weighted by atomic mass is 10.1. The minimum atomic E-state index is -0.318. The van der Waals surface area contributed by atoms with Gasteiger partial charge in [0.25, 0.3) is 5.91 Å². The Morgan fingerprint density at radius 2 is 1.61 bits per heavy atom. The zero-order valence-corrected chi connectivity index (χ0v) is 18.4. The molecule has 0 aliphatic heterocycles. The number of amides is 1. The number of carbonyl (C=O) groups is 1. The van der Waals surface area contributed by atoms with Crippen molar-refractivity contribution >= 4 is 11.6 Å². The number of ether oxygens (including phenoxy) is 4. The van der Waals surface area contributed by atoms with Gasteiger partial charge < -0.3 is 24.3 Å². The molecule has 2 aromatic carbocycles. The zero-order chi connectivity index (χ0) is 22.4. The molecular formula is C23H27N3O5. The smallest absolute Gasteiger partial charge is 0.259 e.